The van der Waals surface area contributed by atoms with Crippen LogP contribution in [0, 0.1) is 5.41 Å². The topological polar surface area (TPSA) is 82.3 Å². The first kappa shape index (κ1) is 14.8. The first-order valence-corrected chi connectivity index (χ1v) is 7.77. The predicted octanol–water partition coefficient (Wildman–Crippen LogP) is 2.10. The summed E-state index contributed by atoms with van der Waals surface area (Å²) in [6.45, 7) is 4.33. The summed E-state index contributed by atoms with van der Waals surface area (Å²) in [5, 5.41) is 3.83. The second kappa shape index (κ2) is 5.94. The van der Waals surface area contributed by atoms with Crippen LogP contribution in [0.4, 0.5) is 11.6 Å². The van der Waals surface area contributed by atoms with Gasteiger partial charge in [0.1, 0.15) is 17.2 Å². The molecule has 1 aromatic rings. The lowest BCUT2D eigenvalue weighted by Crippen LogP contribution is -2.63. The van der Waals surface area contributed by atoms with Crippen molar-refractivity contribution >= 4 is 23.2 Å². The maximum atomic E-state index is 6.17. The van der Waals surface area contributed by atoms with Crippen LogP contribution in [0.25, 0.3) is 0 Å². The molecule has 3 N–H and O–H groups in total. The number of ether oxygens (including phenoxy) is 2. The molecule has 116 valence electrons. The number of nitrogens with two attached hydrogens (primary N) is 1. The van der Waals surface area contributed by atoms with E-state index >= 15 is 0 Å². The molecule has 7 heteroatoms. The molecule has 0 unspecified atom stereocenters. The van der Waals surface area contributed by atoms with Crippen molar-refractivity contribution in [1.29, 1.82) is 0 Å². The molecule has 0 bridgehead atoms. The van der Waals surface area contributed by atoms with Crippen molar-refractivity contribution < 1.29 is 9.47 Å². The van der Waals surface area contributed by atoms with E-state index in [1.54, 1.807) is 0 Å². The molecule has 1 spiro atoms. The van der Waals surface area contributed by atoms with Gasteiger partial charge in [0, 0.05) is 31.3 Å². The predicted molar refractivity (Wildman–Crippen MR) is 81.4 cm³/mol. The van der Waals surface area contributed by atoms with Crippen LogP contribution in [0.3, 0.4) is 0 Å². The fourth-order valence-corrected chi connectivity index (χ4v) is 3.61. The minimum Gasteiger partial charge on any atom is -0.382 e. The highest BCUT2D eigenvalue weighted by atomic mass is 35.5. The molecular formula is C14H21ClN4O2. The van der Waals surface area contributed by atoms with E-state index in [-0.39, 0.29) is 17.6 Å². The van der Waals surface area contributed by atoms with Crippen molar-refractivity contribution in [2.75, 3.05) is 30.9 Å². The van der Waals surface area contributed by atoms with Crippen LogP contribution in [0.5, 0.6) is 0 Å². The Morgan fingerprint density at radius 2 is 2.24 bits per heavy atom. The Balaban J connectivity index is 1.77. The number of rotatable bonds is 4. The maximum Gasteiger partial charge on any atom is 0.150 e. The van der Waals surface area contributed by atoms with Gasteiger partial charge in [-0.2, -0.15) is 0 Å². The van der Waals surface area contributed by atoms with E-state index in [9.17, 15) is 0 Å². The molecule has 3 rings (SSSR count). The molecule has 1 saturated carbocycles. The van der Waals surface area contributed by atoms with Gasteiger partial charge in [-0.1, -0.05) is 11.6 Å². The lowest BCUT2D eigenvalue weighted by molar-refractivity contribution is -0.159. The summed E-state index contributed by atoms with van der Waals surface area (Å²) in [5.74, 6) is 0.908. The van der Waals surface area contributed by atoms with Gasteiger partial charge in [0.25, 0.3) is 0 Å². The summed E-state index contributed by atoms with van der Waals surface area (Å²) in [6, 6.07) is 0.282. The standard InChI is InChI=1S/C14H21ClN4O2/c1-2-21-10-7-9(14(10)3-5-20-6-4-14)19-13-11(15)12(16)17-8-18-13/h8-10H,2-7H2,1H3,(H3,16,17,18,19)/t9-,10+/m0/s1. The van der Waals surface area contributed by atoms with Gasteiger partial charge in [-0.05, 0) is 26.2 Å². The maximum absolute atomic E-state index is 6.17. The van der Waals surface area contributed by atoms with Crippen LogP contribution < -0.4 is 11.1 Å². The molecule has 0 radical (unpaired) electrons. The Labute approximate surface area is 129 Å². The van der Waals surface area contributed by atoms with Gasteiger partial charge in [0.15, 0.2) is 5.82 Å². The Kier molecular flexibility index (Phi) is 4.19. The quantitative estimate of drug-likeness (QED) is 0.886. The summed E-state index contributed by atoms with van der Waals surface area (Å²) in [7, 11) is 0. The minimum atomic E-state index is 0.108. The molecule has 0 amide bonds. The third-order valence-electron chi connectivity index (χ3n) is 4.70. The van der Waals surface area contributed by atoms with Gasteiger partial charge >= 0.3 is 0 Å². The van der Waals surface area contributed by atoms with Crippen LogP contribution >= 0.6 is 11.6 Å². The number of anilines is 2. The lowest BCUT2D eigenvalue weighted by Gasteiger charge is -2.57. The molecule has 2 heterocycles. The second-order valence-corrected chi connectivity index (χ2v) is 6.02. The summed E-state index contributed by atoms with van der Waals surface area (Å²) in [6.07, 6.45) is 4.65. The number of hydrogen-bond acceptors (Lipinski definition) is 6. The highest BCUT2D eigenvalue weighted by molar-refractivity contribution is 6.35. The van der Waals surface area contributed by atoms with Crippen molar-refractivity contribution in [2.24, 2.45) is 5.41 Å². The molecule has 1 aromatic heterocycles. The molecule has 2 fully saturated rings. The smallest absolute Gasteiger partial charge is 0.150 e. The molecule has 1 aliphatic carbocycles. The second-order valence-electron chi connectivity index (χ2n) is 5.64. The fourth-order valence-electron chi connectivity index (χ4n) is 3.46. The van der Waals surface area contributed by atoms with Crippen LogP contribution in [-0.2, 0) is 9.47 Å². The zero-order chi connectivity index (χ0) is 14.9. The van der Waals surface area contributed by atoms with Crippen molar-refractivity contribution in [3.05, 3.63) is 11.3 Å². The normalized spacial score (nSPS) is 27.3. The van der Waals surface area contributed by atoms with Gasteiger partial charge in [0.2, 0.25) is 0 Å². The molecule has 2 atom stereocenters. The number of nitrogens with one attached hydrogen (secondary N) is 1. The summed E-state index contributed by atoms with van der Waals surface area (Å²) < 4.78 is 11.4. The van der Waals surface area contributed by atoms with Crippen molar-refractivity contribution in [3.8, 4) is 0 Å². The Morgan fingerprint density at radius 1 is 1.48 bits per heavy atom. The Bertz CT molecular complexity index is 508. The average molecular weight is 313 g/mol. The van der Waals surface area contributed by atoms with E-state index in [0.717, 1.165) is 39.1 Å². The molecule has 1 aliphatic heterocycles. The van der Waals surface area contributed by atoms with Gasteiger partial charge in [-0.15, -0.1) is 0 Å². The molecule has 0 aromatic carbocycles. The Hall–Kier alpha value is -1.11. The summed E-state index contributed by atoms with van der Waals surface area (Å²) in [5.41, 5.74) is 5.84. The van der Waals surface area contributed by atoms with Crippen molar-refractivity contribution in [1.82, 2.24) is 9.97 Å². The zero-order valence-corrected chi connectivity index (χ0v) is 12.9. The van der Waals surface area contributed by atoms with Gasteiger partial charge in [-0.25, -0.2) is 9.97 Å². The molecule has 1 saturated heterocycles. The molecule has 21 heavy (non-hydrogen) atoms. The number of nitrogens with zero attached hydrogens (tertiary/aromatic N) is 2. The van der Waals surface area contributed by atoms with E-state index in [2.05, 4.69) is 15.3 Å². The summed E-state index contributed by atoms with van der Waals surface area (Å²) >= 11 is 6.17. The molecule has 2 aliphatic rings. The molecular weight excluding hydrogens is 292 g/mol. The minimum absolute atomic E-state index is 0.108. The fraction of sp³-hybridized carbons (Fsp3) is 0.714. The van der Waals surface area contributed by atoms with E-state index in [4.69, 9.17) is 26.8 Å². The number of nitrogen functional groups attached to an aromatic ring is 1. The van der Waals surface area contributed by atoms with Gasteiger partial charge in [0.05, 0.1) is 6.10 Å². The SMILES string of the molecule is CCO[C@@H]1C[C@H](Nc2ncnc(N)c2Cl)C12CCOCC2. The summed E-state index contributed by atoms with van der Waals surface area (Å²) in [4.78, 5) is 8.09. The van der Waals surface area contributed by atoms with Crippen molar-refractivity contribution in [3.63, 3.8) is 0 Å². The molecule has 6 nitrogen and oxygen atoms in total. The number of hydrogen-bond donors (Lipinski definition) is 2. The van der Waals surface area contributed by atoms with Gasteiger partial charge < -0.3 is 20.5 Å². The monoisotopic (exact) mass is 312 g/mol. The first-order valence-electron chi connectivity index (χ1n) is 7.39. The average Bonchev–Trinajstić information content (AvgIpc) is 2.51. The van der Waals surface area contributed by atoms with Crippen LogP contribution in [0.1, 0.15) is 26.2 Å². The van der Waals surface area contributed by atoms with Crippen LogP contribution in [0.2, 0.25) is 5.02 Å². The highest BCUT2D eigenvalue weighted by Gasteiger charge is 2.56. The third-order valence-corrected chi connectivity index (χ3v) is 5.08. The largest absolute Gasteiger partial charge is 0.382 e. The first-order chi connectivity index (χ1) is 10.2. The Morgan fingerprint density at radius 3 is 2.95 bits per heavy atom. The van der Waals surface area contributed by atoms with E-state index < -0.39 is 0 Å². The van der Waals surface area contributed by atoms with E-state index in [1.807, 2.05) is 6.92 Å². The van der Waals surface area contributed by atoms with Gasteiger partial charge in [-0.3, -0.25) is 0 Å². The van der Waals surface area contributed by atoms with Crippen molar-refractivity contribution in [2.45, 2.75) is 38.3 Å². The lowest BCUT2D eigenvalue weighted by atomic mass is 9.57. The highest BCUT2D eigenvalue weighted by Crippen LogP contribution is 2.52. The zero-order valence-electron chi connectivity index (χ0n) is 12.1. The van der Waals surface area contributed by atoms with E-state index in [0.29, 0.717) is 16.7 Å². The van der Waals surface area contributed by atoms with Crippen LogP contribution in [0.15, 0.2) is 6.33 Å². The number of halogens is 1. The van der Waals surface area contributed by atoms with Crippen LogP contribution in [-0.4, -0.2) is 41.9 Å². The van der Waals surface area contributed by atoms with E-state index in [1.165, 1.54) is 6.33 Å². The number of aromatic nitrogens is 2. The third kappa shape index (κ3) is 2.56.